The first-order chi connectivity index (χ1) is 9.70. The van der Waals surface area contributed by atoms with Crippen molar-refractivity contribution >= 4 is 31.6 Å². The van der Waals surface area contributed by atoms with Gasteiger partial charge in [-0.2, -0.15) is 13.2 Å². The molecule has 0 fully saturated rings. The highest BCUT2D eigenvalue weighted by Gasteiger charge is 2.34. The van der Waals surface area contributed by atoms with Crippen molar-refractivity contribution in [1.29, 1.82) is 0 Å². The first-order valence-electron chi connectivity index (χ1n) is 5.50. The lowest BCUT2D eigenvalue weighted by molar-refractivity contribution is -0.136. The van der Waals surface area contributed by atoms with E-state index < -0.39 is 27.5 Å². The van der Waals surface area contributed by atoms with E-state index in [1.807, 2.05) is 4.72 Å². The van der Waals surface area contributed by atoms with Crippen LogP contribution in [-0.4, -0.2) is 13.4 Å². The van der Waals surface area contributed by atoms with E-state index in [2.05, 4.69) is 20.9 Å². The number of aromatic nitrogens is 1. The molecule has 0 radical (unpaired) electrons. The summed E-state index contributed by atoms with van der Waals surface area (Å²) in [6, 6.07) is 5.59. The van der Waals surface area contributed by atoms with Gasteiger partial charge in [0.1, 0.15) is 4.90 Å². The van der Waals surface area contributed by atoms with Gasteiger partial charge in [0.15, 0.2) is 0 Å². The number of anilines is 1. The topological polar surface area (TPSA) is 59.1 Å². The van der Waals surface area contributed by atoms with Crippen molar-refractivity contribution in [2.24, 2.45) is 0 Å². The van der Waals surface area contributed by atoms with E-state index in [-0.39, 0.29) is 4.90 Å². The number of alkyl halides is 3. The molecule has 0 amide bonds. The maximum Gasteiger partial charge on any atom is 0.418 e. The highest BCUT2D eigenvalue weighted by atomic mass is 79.9. The molecular weight excluding hydrogens is 373 g/mol. The van der Waals surface area contributed by atoms with Crippen LogP contribution >= 0.6 is 15.9 Å². The lowest BCUT2D eigenvalue weighted by atomic mass is 10.2. The van der Waals surface area contributed by atoms with Gasteiger partial charge >= 0.3 is 6.18 Å². The SMILES string of the molecule is O=S(=O)(Nc1ccccc1C(F)(F)F)c1cncc(Br)c1. The second-order valence-electron chi connectivity index (χ2n) is 3.99. The molecule has 0 aliphatic carbocycles. The summed E-state index contributed by atoms with van der Waals surface area (Å²) >= 11 is 3.05. The highest BCUT2D eigenvalue weighted by Crippen LogP contribution is 2.35. The number of hydrogen-bond donors (Lipinski definition) is 1. The third-order valence-corrected chi connectivity index (χ3v) is 4.23. The Hall–Kier alpha value is -1.61. The van der Waals surface area contributed by atoms with Crippen LogP contribution in [0.15, 0.2) is 52.1 Å². The van der Waals surface area contributed by atoms with Crippen LogP contribution in [0.2, 0.25) is 0 Å². The molecule has 0 bridgehead atoms. The quantitative estimate of drug-likeness (QED) is 0.883. The monoisotopic (exact) mass is 380 g/mol. The Bertz CT molecular complexity index is 763. The third-order valence-electron chi connectivity index (χ3n) is 2.47. The number of sulfonamides is 1. The zero-order chi connectivity index (χ0) is 15.7. The Labute approximate surface area is 127 Å². The lowest BCUT2D eigenvalue weighted by Crippen LogP contribution is -2.17. The summed E-state index contributed by atoms with van der Waals surface area (Å²) in [6.45, 7) is 0. The summed E-state index contributed by atoms with van der Waals surface area (Å²) in [6.07, 6.45) is -2.25. The molecular formula is C12H8BrF3N2O2S. The third kappa shape index (κ3) is 3.73. The average molecular weight is 381 g/mol. The summed E-state index contributed by atoms with van der Waals surface area (Å²) in [7, 11) is -4.16. The van der Waals surface area contributed by atoms with Crippen LogP contribution in [0.1, 0.15) is 5.56 Å². The standard InChI is InChI=1S/C12H8BrF3N2O2S/c13-8-5-9(7-17-6-8)21(19,20)18-11-4-2-1-3-10(11)12(14,15)16/h1-7,18H. The first-order valence-corrected chi connectivity index (χ1v) is 7.77. The Balaban J connectivity index is 2.43. The minimum atomic E-state index is -4.66. The molecule has 1 N–H and O–H groups in total. The predicted octanol–water partition coefficient (Wildman–Crippen LogP) is 3.66. The van der Waals surface area contributed by atoms with Gasteiger partial charge in [-0.25, -0.2) is 8.42 Å². The largest absolute Gasteiger partial charge is 0.418 e. The fraction of sp³-hybridized carbons (Fsp3) is 0.0833. The number of hydrogen-bond acceptors (Lipinski definition) is 3. The Morgan fingerprint density at radius 2 is 1.81 bits per heavy atom. The van der Waals surface area contributed by atoms with Gasteiger partial charge in [-0.1, -0.05) is 12.1 Å². The number of benzene rings is 1. The van der Waals surface area contributed by atoms with E-state index in [0.29, 0.717) is 4.47 Å². The van der Waals surface area contributed by atoms with Crippen LogP contribution < -0.4 is 4.72 Å². The molecule has 0 aliphatic rings. The van der Waals surface area contributed by atoms with Gasteiger partial charge in [-0.15, -0.1) is 0 Å². The normalized spacial score (nSPS) is 12.2. The maximum atomic E-state index is 12.8. The Morgan fingerprint density at radius 1 is 1.14 bits per heavy atom. The molecule has 0 atom stereocenters. The Kier molecular flexibility index (Phi) is 4.24. The number of pyridine rings is 1. The fourth-order valence-electron chi connectivity index (χ4n) is 1.56. The van der Waals surface area contributed by atoms with Crippen molar-refractivity contribution in [2.75, 3.05) is 4.72 Å². The smallest absolute Gasteiger partial charge is 0.279 e. The van der Waals surface area contributed by atoms with Crippen molar-refractivity contribution in [3.05, 3.63) is 52.8 Å². The molecule has 112 valence electrons. The van der Waals surface area contributed by atoms with E-state index in [4.69, 9.17) is 0 Å². The van der Waals surface area contributed by atoms with E-state index in [0.717, 1.165) is 18.3 Å². The molecule has 1 aromatic carbocycles. The summed E-state index contributed by atoms with van der Waals surface area (Å²) in [4.78, 5) is 3.43. The van der Waals surface area contributed by atoms with Crippen molar-refractivity contribution in [3.8, 4) is 0 Å². The summed E-state index contributed by atoms with van der Waals surface area (Å²) in [5.41, 5.74) is -1.60. The number of halogens is 4. The number of para-hydroxylation sites is 1. The molecule has 0 aliphatic heterocycles. The molecule has 9 heteroatoms. The van der Waals surface area contributed by atoms with Crippen molar-refractivity contribution in [1.82, 2.24) is 4.98 Å². The highest BCUT2D eigenvalue weighted by molar-refractivity contribution is 9.10. The molecule has 1 aromatic heterocycles. The predicted molar refractivity (Wildman–Crippen MR) is 74.2 cm³/mol. The minimum Gasteiger partial charge on any atom is -0.279 e. The molecule has 21 heavy (non-hydrogen) atoms. The molecule has 1 heterocycles. The molecule has 2 aromatic rings. The zero-order valence-electron chi connectivity index (χ0n) is 10.2. The van der Waals surface area contributed by atoms with E-state index >= 15 is 0 Å². The number of rotatable bonds is 3. The van der Waals surface area contributed by atoms with E-state index in [9.17, 15) is 21.6 Å². The van der Waals surface area contributed by atoms with Crippen LogP contribution in [-0.2, 0) is 16.2 Å². The van der Waals surface area contributed by atoms with Crippen LogP contribution in [0.25, 0.3) is 0 Å². The van der Waals surface area contributed by atoms with Gasteiger partial charge in [0.2, 0.25) is 0 Å². The number of nitrogens with one attached hydrogen (secondary N) is 1. The fourth-order valence-corrected chi connectivity index (χ4v) is 3.15. The van der Waals surface area contributed by atoms with E-state index in [1.54, 1.807) is 0 Å². The molecule has 2 rings (SSSR count). The van der Waals surface area contributed by atoms with Crippen LogP contribution in [0.4, 0.5) is 18.9 Å². The van der Waals surface area contributed by atoms with Gasteiger partial charge < -0.3 is 0 Å². The average Bonchev–Trinajstić information content (AvgIpc) is 2.37. The van der Waals surface area contributed by atoms with Crippen molar-refractivity contribution in [3.63, 3.8) is 0 Å². The molecule has 0 saturated carbocycles. The van der Waals surface area contributed by atoms with E-state index in [1.165, 1.54) is 24.4 Å². The van der Waals surface area contributed by atoms with Gasteiger partial charge in [-0.05, 0) is 34.1 Å². The summed E-state index contributed by atoms with van der Waals surface area (Å²) < 4.78 is 65.0. The van der Waals surface area contributed by atoms with Crippen LogP contribution in [0.3, 0.4) is 0 Å². The summed E-state index contributed by atoms with van der Waals surface area (Å²) in [5.74, 6) is 0. The van der Waals surface area contributed by atoms with Crippen molar-refractivity contribution in [2.45, 2.75) is 11.1 Å². The van der Waals surface area contributed by atoms with Crippen LogP contribution in [0, 0.1) is 0 Å². The lowest BCUT2D eigenvalue weighted by Gasteiger charge is -2.14. The van der Waals surface area contributed by atoms with Gasteiger partial charge in [0.05, 0.1) is 11.3 Å². The van der Waals surface area contributed by atoms with Crippen molar-refractivity contribution < 1.29 is 21.6 Å². The molecule has 0 unspecified atom stereocenters. The van der Waals surface area contributed by atoms with Gasteiger partial charge in [-0.3, -0.25) is 9.71 Å². The molecule has 0 saturated heterocycles. The minimum absolute atomic E-state index is 0.242. The van der Waals surface area contributed by atoms with Gasteiger partial charge in [0.25, 0.3) is 10.0 Å². The van der Waals surface area contributed by atoms with Crippen LogP contribution in [0.5, 0.6) is 0 Å². The number of nitrogens with zero attached hydrogens (tertiary/aromatic N) is 1. The van der Waals surface area contributed by atoms with Gasteiger partial charge in [0, 0.05) is 16.9 Å². The second kappa shape index (κ2) is 5.64. The Morgan fingerprint density at radius 3 is 2.43 bits per heavy atom. The second-order valence-corrected chi connectivity index (χ2v) is 6.59. The maximum absolute atomic E-state index is 12.8. The zero-order valence-corrected chi connectivity index (χ0v) is 12.6. The molecule has 0 spiro atoms. The molecule has 4 nitrogen and oxygen atoms in total. The first kappa shape index (κ1) is 15.8. The summed E-state index contributed by atoms with van der Waals surface area (Å²) in [5, 5.41) is 0.